The minimum atomic E-state index is -4.88. The molecular formula is C28H20F7N5O5S. The molecule has 0 aliphatic carbocycles. The van der Waals surface area contributed by atoms with Gasteiger partial charge >= 0.3 is 12.3 Å². The molecule has 1 atom stereocenters. The average Bonchev–Trinajstić information content (AvgIpc) is 3.50. The van der Waals surface area contributed by atoms with Gasteiger partial charge in [0.05, 0.1) is 11.4 Å². The minimum Gasteiger partial charge on any atom is -0.406 e. The van der Waals surface area contributed by atoms with Crippen LogP contribution < -0.4 is 4.74 Å². The third kappa shape index (κ3) is 8.01. The average molecular weight is 672 g/mol. The summed E-state index contributed by atoms with van der Waals surface area (Å²) in [5.41, 5.74) is -4.60. The highest BCUT2D eigenvalue weighted by atomic mass is 32.2. The van der Waals surface area contributed by atoms with Crippen molar-refractivity contribution < 1.29 is 53.5 Å². The number of hydrogen-bond donors (Lipinski definition) is 2. The maximum absolute atomic E-state index is 15.7. The van der Waals surface area contributed by atoms with Gasteiger partial charge < -0.3 is 9.84 Å². The highest BCUT2D eigenvalue weighted by Gasteiger charge is 2.58. The van der Waals surface area contributed by atoms with E-state index in [0.29, 0.717) is 23.8 Å². The molecular weight excluding hydrogens is 651 g/mol. The van der Waals surface area contributed by atoms with Crippen LogP contribution in [0.4, 0.5) is 30.7 Å². The van der Waals surface area contributed by atoms with Crippen LogP contribution in [0.5, 0.6) is 5.75 Å². The summed E-state index contributed by atoms with van der Waals surface area (Å²) < 4.78 is 130. The summed E-state index contributed by atoms with van der Waals surface area (Å²) in [6.07, 6.45) is -2.95. The van der Waals surface area contributed by atoms with Gasteiger partial charge in [0.15, 0.2) is 5.60 Å². The molecule has 0 fully saturated rings. The number of tetrazole rings is 1. The number of nitrogens with zero attached hydrogens (tertiary/aromatic N) is 5. The van der Waals surface area contributed by atoms with Crippen LogP contribution in [0.15, 0.2) is 102 Å². The van der Waals surface area contributed by atoms with Crippen LogP contribution in [-0.2, 0) is 28.2 Å². The third-order valence-corrected chi connectivity index (χ3v) is 7.09. The fraction of sp³-hybridized carbons (Fsp3) is 0.143. The molecule has 2 heterocycles. The fourth-order valence-electron chi connectivity index (χ4n) is 4.07. The van der Waals surface area contributed by atoms with Crippen molar-refractivity contribution in [3.05, 3.63) is 120 Å². The number of hydrogen-bond acceptors (Lipinski definition) is 8. The van der Waals surface area contributed by atoms with E-state index in [-0.39, 0.29) is 10.5 Å². The van der Waals surface area contributed by atoms with Crippen LogP contribution in [0, 0.1) is 11.6 Å². The Morgan fingerprint density at radius 1 is 0.848 bits per heavy atom. The summed E-state index contributed by atoms with van der Waals surface area (Å²) in [5.74, 6) is -7.20. The zero-order valence-corrected chi connectivity index (χ0v) is 23.7. The van der Waals surface area contributed by atoms with E-state index in [0.717, 1.165) is 35.4 Å². The SMILES string of the molecule is O=S(=O)(O)c1ccccc1.O[C@@](Cn1cnnn1)(c1ccc(F)cc1F)C(F)(F)c1ccc(-c2ccc(OC(F)(F)F)cc2)cn1. The molecule has 0 amide bonds. The molecule has 10 nitrogen and oxygen atoms in total. The van der Waals surface area contributed by atoms with Gasteiger partial charge in [0.2, 0.25) is 0 Å². The van der Waals surface area contributed by atoms with Crippen LogP contribution in [0.2, 0.25) is 0 Å². The molecule has 5 rings (SSSR count). The number of halogens is 7. The number of pyridine rings is 1. The molecule has 0 spiro atoms. The standard InChI is InChI=1S/C22H14F7N5O2.C6H6O3S/c23-15-4-7-17(18(24)9-15)20(35,11-34-12-31-32-33-34)21(25,26)19-8-3-14(10-30-19)13-1-5-16(6-2-13)36-22(27,28)29;7-10(8,9)6-4-2-1-3-5-6/h1-10,12,35H,11H2;1-5H,(H,7,8,9)/t20-;/m0./s1. The van der Waals surface area contributed by atoms with Gasteiger partial charge in [0.1, 0.15) is 29.4 Å². The minimum absolute atomic E-state index is 0.0741. The quantitative estimate of drug-likeness (QED) is 0.161. The van der Waals surface area contributed by atoms with Crippen molar-refractivity contribution in [2.24, 2.45) is 0 Å². The maximum Gasteiger partial charge on any atom is 0.573 e. The van der Waals surface area contributed by atoms with E-state index < -0.39 is 63.2 Å². The smallest absolute Gasteiger partial charge is 0.406 e. The normalized spacial score (nSPS) is 13.3. The highest BCUT2D eigenvalue weighted by Crippen LogP contribution is 2.47. The molecule has 0 saturated heterocycles. The summed E-state index contributed by atoms with van der Waals surface area (Å²) in [6.45, 7) is -1.01. The van der Waals surface area contributed by atoms with Gasteiger partial charge in [-0.2, -0.15) is 17.2 Å². The summed E-state index contributed by atoms with van der Waals surface area (Å²) in [7, 11) is -4.00. The Morgan fingerprint density at radius 3 is 2.00 bits per heavy atom. The molecule has 0 saturated carbocycles. The fourth-order valence-corrected chi connectivity index (χ4v) is 4.57. The lowest BCUT2D eigenvalue weighted by atomic mass is 9.84. The van der Waals surface area contributed by atoms with Crippen LogP contribution in [0.25, 0.3) is 11.1 Å². The number of alkyl halides is 5. The summed E-state index contributed by atoms with van der Waals surface area (Å²) >= 11 is 0. The Hall–Kier alpha value is -4.94. The lowest BCUT2D eigenvalue weighted by molar-refractivity contribution is -0.274. The molecule has 0 unspecified atom stereocenters. The van der Waals surface area contributed by atoms with E-state index in [1.165, 1.54) is 30.3 Å². The van der Waals surface area contributed by atoms with Crippen molar-refractivity contribution >= 4 is 10.1 Å². The third-order valence-electron chi connectivity index (χ3n) is 6.23. The zero-order chi connectivity index (χ0) is 33.8. The van der Waals surface area contributed by atoms with Crippen molar-refractivity contribution in [1.82, 2.24) is 25.2 Å². The van der Waals surface area contributed by atoms with E-state index in [4.69, 9.17) is 4.55 Å². The Morgan fingerprint density at radius 2 is 1.50 bits per heavy atom. The maximum atomic E-state index is 15.7. The van der Waals surface area contributed by atoms with Crippen molar-refractivity contribution in [2.45, 2.75) is 29.3 Å². The molecule has 18 heteroatoms. The van der Waals surface area contributed by atoms with E-state index in [9.17, 15) is 35.5 Å². The highest BCUT2D eigenvalue weighted by molar-refractivity contribution is 7.85. The first-order chi connectivity index (χ1) is 21.5. The van der Waals surface area contributed by atoms with Crippen LogP contribution in [0.1, 0.15) is 11.3 Å². The first kappa shape index (κ1) is 33.9. The van der Waals surface area contributed by atoms with E-state index in [2.05, 4.69) is 25.2 Å². The lowest BCUT2D eigenvalue weighted by Gasteiger charge is -2.35. The molecule has 3 aromatic carbocycles. The number of aliphatic hydroxyl groups is 1. The first-order valence-electron chi connectivity index (χ1n) is 12.6. The van der Waals surface area contributed by atoms with Crippen molar-refractivity contribution in [3.63, 3.8) is 0 Å². The van der Waals surface area contributed by atoms with Crippen LogP contribution >= 0.6 is 0 Å². The Kier molecular flexibility index (Phi) is 9.74. The second-order valence-corrected chi connectivity index (χ2v) is 10.8. The molecule has 0 bridgehead atoms. The number of aromatic nitrogens is 5. The predicted molar refractivity (Wildman–Crippen MR) is 145 cm³/mol. The molecule has 2 N–H and O–H groups in total. The van der Waals surface area contributed by atoms with E-state index in [1.807, 2.05) is 0 Å². The second-order valence-electron chi connectivity index (χ2n) is 9.36. The predicted octanol–water partition coefficient (Wildman–Crippen LogP) is 5.53. The Bertz CT molecular complexity index is 1860. The number of ether oxygens (including phenoxy) is 1. The second kappa shape index (κ2) is 13.2. The van der Waals surface area contributed by atoms with Gasteiger partial charge in [-0.05, 0) is 58.5 Å². The van der Waals surface area contributed by atoms with E-state index in [1.54, 1.807) is 18.2 Å². The van der Waals surface area contributed by atoms with Crippen molar-refractivity contribution in [3.8, 4) is 16.9 Å². The summed E-state index contributed by atoms with van der Waals surface area (Å²) in [5, 5.41) is 21.2. The number of rotatable bonds is 8. The molecule has 5 aromatic rings. The van der Waals surface area contributed by atoms with E-state index >= 15 is 8.78 Å². The van der Waals surface area contributed by atoms with Crippen LogP contribution in [0.3, 0.4) is 0 Å². The lowest BCUT2D eigenvalue weighted by Crippen LogP contribution is -2.48. The molecule has 0 radical (unpaired) electrons. The van der Waals surface area contributed by atoms with Gasteiger partial charge in [-0.1, -0.05) is 36.4 Å². The zero-order valence-electron chi connectivity index (χ0n) is 22.9. The summed E-state index contributed by atoms with van der Waals surface area (Å²) in [4.78, 5) is 3.62. The largest absolute Gasteiger partial charge is 0.573 e. The van der Waals surface area contributed by atoms with Gasteiger partial charge in [-0.25, -0.2) is 13.5 Å². The van der Waals surface area contributed by atoms with Crippen molar-refractivity contribution in [2.75, 3.05) is 0 Å². The Balaban J connectivity index is 0.000000409. The van der Waals surface area contributed by atoms with Gasteiger partial charge in [-0.3, -0.25) is 9.54 Å². The molecule has 0 aliphatic heterocycles. The monoisotopic (exact) mass is 671 g/mol. The molecule has 2 aromatic heterocycles. The van der Waals surface area contributed by atoms with Gasteiger partial charge in [0, 0.05) is 23.4 Å². The Labute approximate surface area is 255 Å². The molecule has 46 heavy (non-hydrogen) atoms. The molecule has 242 valence electrons. The van der Waals surface area contributed by atoms with Crippen LogP contribution in [-0.4, -0.2) is 49.6 Å². The van der Waals surface area contributed by atoms with Gasteiger partial charge in [-0.15, -0.1) is 18.3 Å². The topological polar surface area (TPSA) is 140 Å². The van der Waals surface area contributed by atoms with Crippen molar-refractivity contribution in [1.29, 1.82) is 0 Å². The number of benzene rings is 3. The first-order valence-corrected chi connectivity index (χ1v) is 14.1. The molecule has 0 aliphatic rings. The summed E-state index contributed by atoms with van der Waals surface area (Å²) in [6, 6.07) is 15.8. The van der Waals surface area contributed by atoms with Gasteiger partial charge in [0.25, 0.3) is 10.1 Å².